The number of amides is 2. The van der Waals surface area contributed by atoms with Crippen molar-refractivity contribution in [3.63, 3.8) is 0 Å². The normalized spacial score (nSPS) is 22.0. The van der Waals surface area contributed by atoms with Crippen LogP contribution < -0.4 is 11.1 Å². The van der Waals surface area contributed by atoms with E-state index in [1.165, 1.54) is 24.9 Å². The summed E-state index contributed by atoms with van der Waals surface area (Å²) in [4.78, 5) is 46.4. The first kappa shape index (κ1) is 18.9. The number of rotatable bonds is 6. The molecule has 0 radical (unpaired) electrons. The molecule has 1 aromatic rings. The number of nitrogen functional groups attached to an aromatic ring is 1. The second-order valence-electron chi connectivity index (χ2n) is 5.44. The highest BCUT2D eigenvalue weighted by Gasteiger charge is 2.54. The maximum Gasteiger partial charge on any atom is 0.352 e. The van der Waals surface area contributed by atoms with E-state index in [-0.39, 0.29) is 22.2 Å². The number of oxime groups is 1. The number of aromatic nitrogens is 1. The van der Waals surface area contributed by atoms with Crippen LogP contribution in [0.1, 0.15) is 5.69 Å². The second kappa shape index (κ2) is 7.40. The number of hydrogen-bond donors (Lipinski definition) is 3. The molecule has 0 spiro atoms. The number of carbonyl (C=O) groups excluding carboxylic acids is 2. The van der Waals surface area contributed by atoms with E-state index in [0.29, 0.717) is 11.3 Å². The van der Waals surface area contributed by atoms with Gasteiger partial charge in [-0.25, -0.2) is 9.78 Å². The molecule has 142 valence electrons. The van der Waals surface area contributed by atoms with Crippen LogP contribution in [0.25, 0.3) is 0 Å². The molecule has 2 aliphatic rings. The quantitative estimate of drug-likeness (QED) is 0.338. The largest absolute Gasteiger partial charge is 0.477 e. The average Bonchev–Trinajstić information content (AvgIpc) is 3.08. The van der Waals surface area contributed by atoms with Crippen LogP contribution in [0.15, 0.2) is 34.5 Å². The van der Waals surface area contributed by atoms with Crippen molar-refractivity contribution in [3.05, 3.63) is 35.0 Å². The van der Waals surface area contributed by atoms with Crippen molar-refractivity contribution in [3.8, 4) is 0 Å². The highest BCUT2D eigenvalue weighted by atomic mass is 32.2. The van der Waals surface area contributed by atoms with Crippen molar-refractivity contribution in [1.29, 1.82) is 0 Å². The van der Waals surface area contributed by atoms with Crippen molar-refractivity contribution in [2.75, 3.05) is 18.6 Å². The molecule has 0 aliphatic carbocycles. The summed E-state index contributed by atoms with van der Waals surface area (Å²) in [7, 11) is 1.27. The van der Waals surface area contributed by atoms with Crippen LogP contribution in [0.5, 0.6) is 0 Å². The fourth-order valence-corrected chi connectivity index (χ4v) is 4.59. The molecule has 1 fully saturated rings. The maximum atomic E-state index is 12.6. The fraction of sp³-hybridized carbons (Fsp3) is 0.267. The molecule has 0 aromatic carbocycles. The Morgan fingerprint density at radius 1 is 1.59 bits per heavy atom. The van der Waals surface area contributed by atoms with Crippen LogP contribution in [0.4, 0.5) is 5.13 Å². The van der Waals surface area contributed by atoms with Gasteiger partial charge in [-0.15, -0.1) is 23.1 Å². The number of aliphatic carboxylic acids is 1. The van der Waals surface area contributed by atoms with Crippen molar-refractivity contribution in [1.82, 2.24) is 15.2 Å². The maximum absolute atomic E-state index is 12.6. The number of nitrogens with two attached hydrogens (primary N) is 1. The Kier molecular flexibility index (Phi) is 5.19. The highest BCUT2D eigenvalue weighted by Crippen LogP contribution is 2.40. The summed E-state index contributed by atoms with van der Waals surface area (Å²) in [5.41, 5.74) is 6.02. The van der Waals surface area contributed by atoms with Crippen molar-refractivity contribution < 1.29 is 24.3 Å². The average molecular weight is 409 g/mol. The molecule has 10 nitrogen and oxygen atoms in total. The van der Waals surface area contributed by atoms with Crippen LogP contribution in [-0.4, -0.2) is 62.8 Å². The number of thioether (sulfide) groups is 1. The number of carboxylic acids is 1. The molecule has 0 unspecified atom stereocenters. The number of allylic oxidation sites excluding steroid dienone is 1. The highest BCUT2D eigenvalue weighted by molar-refractivity contribution is 8.00. The second-order valence-corrected chi connectivity index (χ2v) is 7.43. The predicted molar refractivity (Wildman–Crippen MR) is 100.0 cm³/mol. The minimum atomic E-state index is -1.21. The van der Waals surface area contributed by atoms with Gasteiger partial charge in [0.25, 0.3) is 11.8 Å². The van der Waals surface area contributed by atoms with Crippen molar-refractivity contribution in [2.45, 2.75) is 11.4 Å². The number of hydrogen-bond acceptors (Lipinski definition) is 9. The summed E-state index contributed by atoms with van der Waals surface area (Å²) >= 11 is 2.47. The molecule has 2 aliphatic heterocycles. The number of carboxylic acid groups (broad SMARTS) is 1. The van der Waals surface area contributed by atoms with Gasteiger partial charge in [-0.3, -0.25) is 14.5 Å². The lowest BCUT2D eigenvalue weighted by molar-refractivity contribution is -0.150. The van der Waals surface area contributed by atoms with Crippen LogP contribution in [0.3, 0.4) is 0 Å². The number of β-lactam (4-membered cyclic amide) rings is 1. The SMILES string of the molecule is C=CC1=C(C(=O)O)N2C(=O)[C@@H](NC(=O)/C(=N/OC)c3csc(N)n3)[C@H]2SC1. The van der Waals surface area contributed by atoms with Gasteiger partial charge >= 0.3 is 5.97 Å². The summed E-state index contributed by atoms with van der Waals surface area (Å²) in [6.07, 6.45) is 1.42. The van der Waals surface area contributed by atoms with Crippen LogP contribution >= 0.6 is 23.1 Å². The van der Waals surface area contributed by atoms with Gasteiger partial charge in [-0.2, -0.15) is 0 Å². The van der Waals surface area contributed by atoms with Crippen LogP contribution in [0.2, 0.25) is 0 Å². The molecular weight excluding hydrogens is 394 g/mol. The summed E-state index contributed by atoms with van der Waals surface area (Å²) in [6.45, 7) is 3.58. The first-order valence-electron chi connectivity index (χ1n) is 7.56. The Labute approximate surface area is 161 Å². The molecule has 27 heavy (non-hydrogen) atoms. The molecule has 4 N–H and O–H groups in total. The number of thiazole rings is 1. The number of nitrogens with one attached hydrogen (secondary N) is 1. The first-order valence-corrected chi connectivity index (χ1v) is 9.48. The summed E-state index contributed by atoms with van der Waals surface area (Å²) in [6, 6.07) is -0.888. The zero-order valence-corrected chi connectivity index (χ0v) is 15.7. The summed E-state index contributed by atoms with van der Waals surface area (Å²) < 4.78 is 0. The van der Waals surface area contributed by atoms with Crippen LogP contribution in [-0.2, 0) is 19.2 Å². The van der Waals surface area contributed by atoms with E-state index in [1.54, 1.807) is 5.38 Å². The van der Waals surface area contributed by atoms with E-state index < -0.39 is 29.2 Å². The Balaban J connectivity index is 1.80. The minimum absolute atomic E-state index is 0.109. The molecule has 3 heterocycles. The third-order valence-electron chi connectivity index (χ3n) is 3.90. The van der Waals surface area contributed by atoms with Gasteiger partial charge in [0.2, 0.25) is 0 Å². The lowest BCUT2D eigenvalue weighted by atomic mass is 10.0. The molecule has 1 aromatic heterocycles. The van der Waals surface area contributed by atoms with E-state index >= 15 is 0 Å². The molecule has 2 atom stereocenters. The molecular formula is C15H15N5O5S2. The Morgan fingerprint density at radius 3 is 2.89 bits per heavy atom. The van der Waals surface area contributed by atoms with E-state index in [4.69, 9.17) is 5.73 Å². The number of fused-ring (bicyclic) bond motifs is 1. The van der Waals surface area contributed by atoms with E-state index in [9.17, 15) is 19.5 Å². The van der Waals surface area contributed by atoms with Gasteiger partial charge in [0.1, 0.15) is 29.9 Å². The number of nitrogens with zero attached hydrogens (tertiary/aromatic N) is 3. The monoisotopic (exact) mass is 409 g/mol. The predicted octanol–water partition coefficient (Wildman–Crippen LogP) is 0.000400. The van der Waals surface area contributed by atoms with Gasteiger partial charge in [0.05, 0.1) is 0 Å². The zero-order chi connectivity index (χ0) is 19.7. The Morgan fingerprint density at radius 2 is 2.33 bits per heavy atom. The molecule has 0 saturated carbocycles. The molecule has 1 saturated heterocycles. The molecule has 2 amide bonds. The third-order valence-corrected chi connectivity index (χ3v) is 5.87. The Bertz CT molecular complexity index is 893. The topological polar surface area (TPSA) is 147 Å². The zero-order valence-electron chi connectivity index (χ0n) is 14.0. The van der Waals surface area contributed by atoms with Gasteiger partial charge in [-0.05, 0) is 5.57 Å². The standard InChI is InChI=1S/C15H15N5O5S2/c1-3-6-4-26-13-9(12(22)20(13)10(6)14(23)24)18-11(21)8(19-25-2)7-5-27-15(16)17-7/h3,5,9,13H,1,4H2,2H3,(H2,16,17)(H,18,21)(H,23,24)/b19-8+/t9-,13-/m1/s1. The van der Waals surface area contributed by atoms with Gasteiger partial charge < -0.3 is 21.0 Å². The minimum Gasteiger partial charge on any atom is -0.477 e. The van der Waals surface area contributed by atoms with Crippen LogP contribution in [0, 0.1) is 0 Å². The lowest BCUT2D eigenvalue weighted by Gasteiger charge is -2.49. The fourth-order valence-electron chi connectivity index (χ4n) is 2.70. The third kappa shape index (κ3) is 3.28. The van der Waals surface area contributed by atoms with Crippen molar-refractivity contribution in [2.24, 2.45) is 5.16 Å². The number of carbonyl (C=O) groups is 3. The van der Waals surface area contributed by atoms with Gasteiger partial charge in [0, 0.05) is 11.1 Å². The van der Waals surface area contributed by atoms with Gasteiger partial charge in [-0.1, -0.05) is 17.8 Å². The van der Waals surface area contributed by atoms with Gasteiger partial charge in [0.15, 0.2) is 10.8 Å². The molecule has 3 rings (SSSR count). The van der Waals surface area contributed by atoms with Crippen molar-refractivity contribution >= 4 is 51.7 Å². The number of anilines is 1. The molecule has 0 bridgehead atoms. The van der Waals surface area contributed by atoms with E-state index in [0.717, 1.165) is 16.2 Å². The smallest absolute Gasteiger partial charge is 0.352 e. The summed E-state index contributed by atoms with van der Waals surface area (Å²) in [5, 5.41) is 16.9. The summed E-state index contributed by atoms with van der Waals surface area (Å²) in [5.74, 6) is -2.04. The molecule has 12 heteroatoms. The Hall–Kier alpha value is -2.86. The lowest BCUT2D eigenvalue weighted by Crippen LogP contribution is -2.71. The van der Waals surface area contributed by atoms with E-state index in [2.05, 4.69) is 26.9 Å². The first-order chi connectivity index (χ1) is 12.9. The van der Waals surface area contributed by atoms with E-state index in [1.807, 2.05) is 0 Å².